The summed E-state index contributed by atoms with van der Waals surface area (Å²) in [4.78, 5) is 17.7. The van der Waals surface area contributed by atoms with Crippen molar-refractivity contribution in [2.75, 3.05) is 6.61 Å². The van der Waals surface area contributed by atoms with Crippen LogP contribution < -0.4 is 5.56 Å². The standard InChI is InChI=1S/C15H13ClN2O2S/c16-11-4-2-10(3-5-11)13-8-12-14(21-13)15(20)18(9-17-12)6-1-7-19/h2-5,8-9,19H,1,6-7H2. The average molecular weight is 321 g/mol. The third-order valence-corrected chi connectivity index (χ3v) is 4.60. The van der Waals surface area contributed by atoms with Gasteiger partial charge in [-0.1, -0.05) is 23.7 Å². The zero-order chi connectivity index (χ0) is 14.8. The van der Waals surface area contributed by atoms with Gasteiger partial charge in [0.1, 0.15) is 4.70 Å². The molecule has 2 aromatic heterocycles. The molecule has 0 aliphatic rings. The predicted molar refractivity (Wildman–Crippen MR) is 86.0 cm³/mol. The van der Waals surface area contributed by atoms with Crippen molar-refractivity contribution in [2.24, 2.45) is 0 Å². The Balaban J connectivity index is 2.05. The molecule has 4 nitrogen and oxygen atoms in total. The van der Waals surface area contributed by atoms with Crippen LogP contribution in [0.25, 0.3) is 20.7 Å². The summed E-state index contributed by atoms with van der Waals surface area (Å²) in [5.74, 6) is 0. The second-order valence-corrected chi connectivity index (χ2v) is 6.14. The van der Waals surface area contributed by atoms with Crippen molar-refractivity contribution in [3.8, 4) is 10.4 Å². The first-order chi connectivity index (χ1) is 10.2. The number of aryl methyl sites for hydroxylation is 1. The molecule has 3 aromatic rings. The van der Waals surface area contributed by atoms with Crippen molar-refractivity contribution >= 4 is 33.2 Å². The van der Waals surface area contributed by atoms with E-state index in [9.17, 15) is 4.79 Å². The maximum atomic E-state index is 12.4. The molecule has 6 heteroatoms. The Hall–Kier alpha value is -1.69. The Morgan fingerprint density at radius 3 is 2.76 bits per heavy atom. The van der Waals surface area contributed by atoms with Crippen molar-refractivity contribution in [1.82, 2.24) is 9.55 Å². The van der Waals surface area contributed by atoms with Crippen LogP contribution in [0.5, 0.6) is 0 Å². The van der Waals surface area contributed by atoms with Gasteiger partial charge in [0, 0.05) is 23.1 Å². The monoisotopic (exact) mass is 320 g/mol. The number of thiophene rings is 1. The summed E-state index contributed by atoms with van der Waals surface area (Å²) >= 11 is 7.32. The predicted octanol–water partition coefficient (Wildman–Crippen LogP) is 3.16. The molecular weight excluding hydrogens is 308 g/mol. The Labute approximate surface area is 130 Å². The van der Waals surface area contributed by atoms with Gasteiger partial charge in [0.15, 0.2) is 0 Å². The zero-order valence-corrected chi connectivity index (χ0v) is 12.7. The van der Waals surface area contributed by atoms with Crippen molar-refractivity contribution in [3.05, 3.63) is 52.0 Å². The summed E-state index contributed by atoms with van der Waals surface area (Å²) in [5, 5.41) is 9.55. The lowest BCUT2D eigenvalue weighted by molar-refractivity contribution is 0.279. The summed E-state index contributed by atoms with van der Waals surface area (Å²) in [6.45, 7) is 0.539. The van der Waals surface area contributed by atoms with E-state index >= 15 is 0 Å². The van der Waals surface area contributed by atoms with Gasteiger partial charge in [0.05, 0.1) is 11.8 Å². The molecule has 0 fully saturated rings. The lowest BCUT2D eigenvalue weighted by Gasteiger charge is -2.02. The van der Waals surface area contributed by atoms with E-state index in [0.717, 1.165) is 10.4 Å². The number of nitrogens with zero attached hydrogens (tertiary/aromatic N) is 2. The van der Waals surface area contributed by atoms with E-state index in [2.05, 4.69) is 4.98 Å². The van der Waals surface area contributed by atoms with Gasteiger partial charge in [-0.25, -0.2) is 4.98 Å². The van der Waals surface area contributed by atoms with Crippen molar-refractivity contribution in [3.63, 3.8) is 0 Å². The van der Waals surface area contributed by atoms with E-state index in [-0.39, 0.29) is 12.2 Å². The van der Waals surface area contributed by atoms with Crippen LogP contribution in [0.4, 0.5) is 0 Å². The Bertz CT molecular complexity index is 824. The highest BCUT2D eigenvalue weighted by molar-refractivity contribution is 7.22. The van der Waals surface area contributed by atoms with Gasteiger partial charge in [0.2, 0.25) is 0 Å². The molecule has 0 radical (unpaired) electrons. The average Bonchev–Trinajstić information content (AvgIpc) is 2.92. The van der Waals surface area contributed by atoms with Crippen LogP contribution in [0.1, 0.15) is 6.42 Å². The van der Waals surface area contributed by atoms with Gasteiger partial charge in [-0.2, -0.15) is 0 Å². The number of halogens is 1. The molecule has 0 aliphatic carbocycles. The van der Waals surface area contributed by atoms with E-state index < -0.39 is 0 Å². The van der Waals surface area contributed by atoms with Crippen LogP contribution in [0.2, 0.25) is 5.02 Å². The van der Waals surface area contributed by atoms with Gasteiger partial charge in [0.25, 0.3) is 5.56 Å². The maximum absolute atomic E-state index is 12.4. The smallest absolute Gasteiger partial charge is 0.271 e. The highest BCUT2D eigenvalue weighted by Gasteiger charge is 2.10. The summed E-state index contributed by atoms with van der Waals surface area (Å²) in [7, 11) is 0. The molecule has 2 heterocycles. The molecule has 21 heavy (non-hydrogen) atoms. The SMILES string of the molecule is O=c1c2sc(-c3ccc(Cl)cc3)cc2ncn1CCCO. The quantitative estimate of drug-likeness (QED) is 0.803. The normalized spacial score (nSPS) is 11.1. The maximum Gasteiger partial charge on any atom is 0.271 e. The van der Waals surface area contributed by atoms with Crippen LogP contribution in [0, 0.1) is 0 Å². The Kier molecular flexibility index (Phi) is 4.05. The largest absolute Gasteiger partial charge is 0.396 e. The lowest BCUT2D eigenvalue weighted by Crippen LogP contribution is -2.20. The van der Waals surface area contributed by atoms with Crippen molar-refractivity contribution < 1.29 is 5.11 Å². The number of fused-ring (bicyclic) bond motifs is 1. The van der Waals surface area contributed by atoms with E-state index in [1.54, 1.807) is 10.9 Å². The van der Waals surface area contributed by atoms with Crippen molar-refractivity contribution in [2.45, 2.75) is 13.0 Å². The molecule has 1 N–H and O–H groups in total. The second-order valence-electron chi connectivity index (χ2n) is 4.65. The first-order valence-corrected chi connectivity index (χ1v) is 7.74. The molecule has 0 aliphatic heterocycles. The topological polar surface area (TPSA) is 55.1 Å². The van der Waals surface area contributed by atoms with Gasteiger partial charge in [-0.15, -0.1) is 11.3 Å². The lowest BCUT2D eigenvalue weighted by atomic mass is 10.2. The summed E-state index contributed by atoms with van der Waals surface area (Å²) in [6.07, 6.45) is 2.08. The van der Waals surface area contributed by atoms with E-state index in [1.165, 1.54) is 11.3 Å². The van der Waals surface area contributed by atoms with Gasteiger partial charge in [-0.05, 0) is 30.2 Å². The number of hydrogen-bond acceptors (Lipinski definition) is 4. The fourth-order valence-corrected chi connectivity index (χ4v) is 3.29. The molecular formula is C15H13ClN2O2S. The minimum absolute atomic E-state index is 0.0568. The molecule has 0 unspecified atom stereocenters. The molecule has 108 valence electrons. The highest BCUT2D eigenvalue weighted by atomic mass is 35.5. The molecule has 1 aromatic carbocycles. The first kappa shape index (κ1) is 14.3. The Morgan fingerprint density at radius 2 is 2.05 bits per heavy atom. The van der Waals surface area contributed by atoms with Crippen LogP contribution in [0.3, 0.4) is 0 Å². The molecule has 0 saturated carbocycles. The minimum atomic E-state index is -0.0568. The molecule has 0 bridgehead atoms. The zero-order valence-electron chi connectivity index (χ0n) is 11.1. The number of aromatic nitrogens is 2. The number of benzene rings is 1. The molecule has 3 rings (SSSR count). The number of rotatable bonds is 4. The molecule has 0 amide bonds. The van der Waals surface area contributed by atoms with Crippen LogP contribution >= 0.6 is 22.9 Å². The van der Waals surface area contributed by atoms with Crippen LogP contribution in [0.15, 0.2) is 41.5 Å². The minimum Gasteiger partial charge on any atom is -0.396 e. The molecule has 0 spiro atoms. The summed E-state index contributed by atoms with van der Waals surface area (Å²) in [6, 6.07) is 9.43. The first-order valence-electron chi connectivity index (χ1n) is 6.55. The Morgan fingerprint density at radius 1 is 1.29 bits per heavy atom. The third kappa shape index (κ3) is 2.85. The summed E-state index contributed by atoms with van der Waals surface area (Å²) in [5.41, 5.74) is 1.66. The van der Waals surface area contributed by atoms with Crippen LogP contribution in [-0.4, -0.2) is 21.3 Å². The fourth-order valence-electron chi connectivity index (χ4n) is 2.10. The van der Waals surface area contributed by atoms with E-state index in [1.807, 2.05) is 30.3 Å². The third-order valence-electron chi connectivity index (χ3n) is 3.19. The fraction of sp³-hybridized carbons (Fsp3) is 0.200. The van der Waals surface area contributed by atoms with Gasteiger partial charge >= 0.3 is 0 Å². The number of aliphatic hydroxyl groups excluding tert-OH is 1. The highest BCUT2D eigenvalue weighted by Crippen LogP contribution is 2.31. The van der Waals surface area contributed by atoms with Gasteiger partial charge < -0.3 is 5.11 Å². The van der Waals surface area contributed by atoms with Crippen LogP contribution in [-0.2, 0) is 6.54 Å². The van der Waals surface area contributed by atoms with Crippen molar-refractivity contribution in [1.29, 1.82) is 0 Å². The number of hydrogen-bond donors (Lipinski definition) is 1. The second kappa shape index (κ2) is 5.97. The van der Waals surface area contributed by atoms with E-state index in [4.69, 9.17) is 16.7 Å². The molecule has 0 saturated heterocycles. The molecule has 0 atom stereocenters. The summed E-state index contributed by atoms with van der Waals surface area (Å²) < 4.78 is 2.18. The number of aliphatic hydroxyl groups is 1. The van der Waals surface area contributed by atoms with Gasteiger partial charge in [-0.3, -0.25) is 9.36 Å². The van der Waals surface area contributed by atoms with E-state index in [0.29, 0.717) is 28.2 Å².